The summed E-state index contributed by atoms with van der Waals surface area (Å²) in [6.45, 7) is 7.97. The predicted octanol–water partition coefficient (Wildman–Crippen LogP) is 5.13. The monoisotopic (exact) mass is 310 g/mol. The van der Waals surface area contributed by atoms with E-state index in [1.54, 1.807) is 24.3 Å². The third-order valence-electron chi connectivity index (χ3n) is 4.11. The Morgan fingerprint density at radius 1 is 1.14 bits per heavy atom. The van der Waals surface area contributed by atoms with Gasteiger partial charge < -0.3 is 9.31 Å². The van der Waals surface area contributed by atoms with Crippen LogP contribution in [-0.4, -0.2) is 18.3 Å². The lowest BCUT2D eigenvalue weighted by atomic mass is 9.83. The first-order chi connectivity index (χ1) is 9.69. The highest BCUT2D eigenvalue weighted by molar-refractivity contribution is 6.45. The molecule has 2 rings (SSSR count). The molecular formula is C16H21BClFO2. The molecule has 1 aliphatic heterocycles. The summed E-state index contributed by atoms with van der Waals surface area (Å²) in [4.78, 5) is 0. The van der Waals surface area contributed by atoms with E-state index in [4.69, 9.17) is 20.9 Å². The highest BCUT2D eigenvalue weighted by Gasteiger charge is 2.50. The fourth-order valence-electron chi connectivity index (χ4n) is 2.15. The van der Waals surface area contributed by atoms with Gasteiger partial charge in [0.1, 0.15) is 5.83 Å². The molecule has 0 aromatic heterocycles. The Kier molecular flexibility index (Phi) is 4.81. The third-order valence-corrected chi connectivity index (χ3v) is 4.37. The molecule has 0 aliphatic carbocycles. The average molecular weight is 311 g/mol. The van der Waals surface area contributed by atoms with Crippen molar-refractivity contribution >= 4 is 24.8 Å². The summed E-state index contributed by atoms with van der Waals surface area (Å²) in [7, 11) is -0.362. The number of benzene rings is 1. The van der Waals surface area contributed by atoms with E-state index < -0.39 is 0 Å². The van der Waals surface area contributed by atoms with Gasteiger partial charge in [0, 0.05) is 5.02 Å². The zero-order valence-electron chi connectivity index (χ0n) is 13.0. The highest BCUT2D eigenvalue weighted by atomic mass is 35.5. The molecule has 0 radical (unpaired) electrons. The molecule has 0 N–H and O–H groups in total. The van der Waals surface area contributed by atoms with Crippen LogP contribution in [-0.2, 0) is 9.31 Å². The number of hydrogen-bond acceptors (Lipinski definition) is 2. The molecule has 1 aromatic rings. The molecule has 0 bridgehead atoms. The zero-order chi connectivity index (χ0) is 15.7. The molecule has 2 nitrogen and oxygen atoms in total. The van der Waals surface area contributed by atoms with Crippen molar-refractivity contribution in [1.29, 1.82) is 0 Å². The van der Waals surface area contributed by atoms with Gasteiger partial charge in [0.15, 0.2) is 0 Å². The summed E-state index contributed by atoms with van der Waals surface area (Å²) in [6, 6.07) is 7.07. The Morgan fingerprint density at radius 3 is 2.19 bits per heavy atom. The molecule has 114 valence electrons. The molecule has 0 saturated carbocycles. The van der Waals surface area contributed by atoms with Crippen molar-refractivity contribution < 1.29 is 13.7 Å². The Hall–Kier alpha value is -0.835. The second kappa shape index (κ2) is 6.11. The van der Waals surface area contributed by atoms with Crippen molar-refractivity contribution in [3.63, 3.8) is 0 Å². The lowest BCUT2D eigenvalue weighted by Crippen LogP contribution is -2.41. The minimum atomic E-state index is -0.367. The maximum Gasteiger partial charge on any atom is 0.458 e. The fourth-order valence-corrected chi connectivity index (χ4v) is 2.28. The van der Waals surface area contributed by atoms with E-state index in [9.17, 15) is 4.39 Å². The fraction of sp³-hybridized carbons (Fsp3) is 0.500. The third kappa shape index (κ3) is 4.09. The van der Waals surface area contributed by atoms with Crippen LogP contribution in [0.25, 0.3) is 6.08 Å². The number of rotatable bonds is 4. The zero-order valence-corrected chi connectivity index (χ0v) is 13.7. The second-order valence-corrected chi connectivity index (χ2v) is 6.80. The van der Waals surface area contributed by atoms with Crippen molar-refractivity contribution in [3.05, 3.63) is 40.7 Å². The van der Waals surface area contributed by atoms with Crippen molar-refractivity contribution in [2.45, 2.75) is 51.6 Å². The number of hydrogen-bond donors (Lipinski definition) is 0. The van der Waals surface area contributed by atoms with Gasteiger partial charge in [0.05, 0.1) is 11.2 Å². The van der Waals surface area contributed by atoms with E-state index in [1.165, 1.54) is 6.08 Å². The topological polar surface area (TPSA) is 18.5 Å². The van der Waals surface area contributed by atoms with Gasteiger partial charge in [-0.25, -0.2) is 4.39 Å². The van der Waals surface area contributed by atoms with Crippen LogP contribution < -0.4 is 0 Å². The molecule has 1 saturated heterocycles. The number of halogens is 2. The van der Waals surface area contributed by atoms with Gasteiger partial charge in [-0.05, 0) is 64.2 Å². The van der Waals surface area contributed by atoms with Gasteiger partial charge in [0.2, 0.25) is 0 Å². The molecule has 1 fully saturated rings. The van der Waals surface area contributed by atoms with E-state index >= 15 is 0 Å². The largest absolute Gasteiger partial charge is 0.458 e. The van der Waals surface area contributed by atoms with Crippen LogP contribution in [0.5, 0.6) is 0 Å². The average Bonchev–Trinajstić information content (AvgIpc) is 2.58. The predicted molar refractivity (Wildman–Crippen MR) is 86.0 cm³/mol. The van der Waals surface area contributed by atoms with Crippen molar-refractivity contribution in [2.24, 2.45) is 0 Å². The molecule has 0 spiro atoms. The standard InChI is InChI=1S/C16H21BClFO2/c1-15(2)16(3,4)21-17(20-15)10-9-14(19)11-12-5-7-13(18)8-6-12/h5-8,11H,9-10H2,1-4H3/b14-11-. The molecule has 0 unspecified atom stereocenters. The maximum absolute atomic E-state index is 13.9. The van der Waals surface area contributed by atoms with Crippen LogP contribution in [0.4, 0.5) is 4.39 Å². The minimum Gasteiger partial charge on any atom is -0.403 e. The van der Waals surface area contributed by atoms with E-state index in [2.05, 4.69) is 0 Å². The quantitative estimate of drug-likeness (QED) is 0.717. The van der Waals surface area contributed by atoms with E-state index in [0.29, 0.717) is 17.8 Å². The van der Waals surface area contributed by atoms with Gasteiger partial charge in [0.25, 0.3) is 0 Å². The van der Waals surface area contributed by atoms with E-state index in [1.807, 2.05) is 27.7 Å². The van der Waals surface area contributed by atoms with Crippen LogP contribution in [0.2, 0.25) is 11.3 Å². The first-order valence-electron chi connectivity index (χ1n) is 7.17. The van der Waals surface area contributed by atoms with Crippen LogP contribution in [0.15, 0.2) is 30.1 Å². The molecule has 0 amide bonds. The molecule has 0 atom stereocenters. The molecule has 5 heteroatoms. The van der Waals surface area contributed by atoms with Crippen molar-refractivity contribution in [3.8, 4) is 0 Å². The van der Waals surface area contributed by atoms with Crippen LogP contribution in [0.1, 0.15) is 39.7 Å². The van der Waals surface area contributed by atoms with Crippen molar-refractivity contribution in [1.82, 2.24) is 0 Å². The van der Waals surface area contributed by atoms with Crippen LogP contribution in [0, 0.1) is 0 Å². The van der Waals surface area contributed by atoms with Gasteiger partial charge >= 0.3 is 7.12 Å². The Balaban J connectivity index is 1.90. The first-order valence-corrected chi connectivity index (χ1v) is 7.55. The molecule has 21 heavy (non-hydrogen) atoms. The molecule has 1 heterocycles. The highest BCUT2D eigenvalue weighted by Crippen LogP contribution is 2.38. The smallest absolute Gasteiger partial charge is 0.403 e. The summed E-state index contributed by atoms with van der Waals surface area (Å²) < 4.78 is 25.6. The van der Waals surface area contributed by atoms with Gasteiger partial charge in [-0.3, -0.25) is 0 Å². The number of allylic oxidation sites excluding steroid dienone is 1. The van der Waals surface area contributed by atoms with E-state index in [0.717, 1.165) is 5.56 Å². The molecule has 1 aromatic carbocycles. The lowest BCUT2D eigenvalue weighted by Gasteiger charge is -2.32. The van der Waals surface area contributed by atoms with Crippen molar-refractivity contribution in [2.75, 3.05) is 0 Å². The second-order valence-electron chi connectivity index (χ2n) is 6.37. The normalized spacial score (nSPS) is 20.9. The molecular weight excluding hydrogens is 289 g/mol. The Morgan fingerprint density at radius 2 is 1.67 bits per heavy atom. The van der Waals surface area contributed by atoms with Gasteiger partial charge in [-0.15, -0.1) is 0 Å². The Labute approximate surface area is 131 Å². The maximum atomic E-state index is 13.9. The van der Waals surface area contributed by atoms with Crippen LogP contribution in [0.3, 0.4) is 0 Å². The lowest BCUT2D eigenvalue weighted by molar-refractivity contribution is 0.00578. The summed E-state index contributed by atoms with van der Waals surface area (Å²) in [5.74, 6) is -0.188. The van der Waals surface area contributed by atoms with Gasteiger partial charge in [-0.1, -0.05) is 23.7 Å². The SMILES string of the molecule is CC1(C)OB(CC/C(F)=C/c2ccc(Cl)cc2)OC1(C)C. The summed E-state index contributed by atoms with van der Waals surface area (Å²) >= 11 is 5.80. The van der Waals surface area contributed by atoms with E-state index in [-0.39, 0.29) is 24.1 Å². The first kappa shape index (κ1) is 16.5. The molecule has 1 aliphatic rings. The minimum absolute atomic E-state index is 0.188. The summed E-state index contributed by atoms with van der Waals surface area (Å²) in [6.07, 6.45) is 2.31. The van der Waals surface area contributed by atoms with Crippen LogP contribution >= 0.6 is 11.6 Å². The van der Waals surface area contributed by atoms with Gasteiger partial charge in [-0.2, -0.15) is 0 Å². The summed E-state index contributed by atoms with van der Waals surface area (Å²) in [5.41, 5.74) is 0.0630. The summed E-state index contributed by atoms with van der Waals surface area (Å²) in [5, 5.41) is 0.643. The Bertz CT molecular complexity index is 510.